The first-order valence-electron chi connectivity index (χ1n) is 10.8. The van der Waals surface area contributed by atoms with E-state index in [1.54, 1.807) is 62.4 Å². The molecule has 0 aliphatic rings. The average molecular weight is 492 g/mol. The summed E-state index contributed by atoms with van der Waals surface area (Å²) in [5.41, 5.74) is 1.80. The van der Waals surface area contributed by atoms with Crippen molar-refractivity contribution in [2.24, 2.45) is 0 Å². The number of amides is 2. The second-order valence-corrected chi connectivity index (χ2v) is 8.72. The molecule has 0 bridgehead atoms. The van der Waals surface area contributed by atoms with E-state index >= 15 is 0 Å². The van der Waals surface area contributed by atoms with E-state index in [9.17, 15) is 18.9 Å². The van der Waals surface area contributed by atoms with Gasteiger partial charge < -0.3 is 15.7 Å². The summed E-state index contributed by atoms with van der Waals surface area (Å²) >= 11 is 0. The molecule has 11 heteroatoms. The molecule has 0 saturated carbocycles. The van der Waals surface area contributed by atoms with E-state index < -0.39 is 19.7 Å². The van der Waals surface area contributed by atoms with E-state index in [0.29, 0.717) is 16.9 Å². The molecule has 10 nitrogen and oxygen atoms in total. The number of nitrogens with one attached hydrogen (secondary N) is 2. The van der Waals surface area contributed by atoms with Crippen LogP contribution in [-0.2, 0) is 34.3 Å². The zero-order chi connectivity index (χ0) is 25.0. The molecule has 0 aliphatic heterocycles. The molecular weight excluding hydrogens is 463 g/mol. The summed E-state index contributed by atoms with van der Waals surface area (Å²) in [5.74, 6) is -1.77. The topological polar surface area (TPSA) is 140 Å². The molecule has 34 heavy (non-hydrogen) atoms. The maximum atomic E-state index is 12.8. The average Bonchev–Trinajstić information content (AvgIpc) is 2.79. The Kier molecular flexibility index (Phi) is 10.9. The molecule has 3 N–H and O–H groups in total. The van der Waals surface area contributed by atoms with Crippen LogP contribution in [-0.4, -0.2) is 36.1 Å². The lowest BCUT2D eigenvalue weighted by Gasteiger charge is -2.16. The van der Waals surface area contributed by atoms with Crippen molar-refractivity contribution in [2.75, 3.05) is 23.8 Å². The van der Waals surface area contributed by atoms with E-state index in [4.69, 9.17) is 18.7 Å². The number of carboxylic acids is 1. The quantitative estimate of drug-likeness (QED) is 0.319. The highest BCUT2D eigenvalue weighted by molar-refractivity contribution is 7.48. The number of benzene rings is 2. The van der Waals surface area contributed by atoms with Crippen LogP contribution in [0.3, 0.4) is 0 Å². The normalized spacial score (nSPS) is 11.1. The second-order valence-electron chi connectivity index (χ2n) is 7.05. The maximum absolute atomic E-state index is 12.8. The van der Waals surface area contributed by atoms with Crippen LogP contribution in [0.5, 0.6) is 0 Å². The van der Waals surface area contributed by atoms with Gasteiger partial charge >= 0.3 is 13.8 Å². The largest absolute Gasteiger partial charge is 0.481 e. The number of aliphatic carboxylic acids is 1. The minimum Gasteiger partial charge on any atom is -0.481 e. The van der Waals surface area contributed by atoms with Crippen molar-refractivity contribution in [1.82, 2.24) is 0 Å². The molecule has 0 aliphatic carbocycles. The fraction of sp³-hybridized carbons (Fsp3) is 0.348. The Balaban J connectivity index is 1.98. The van der Waals surface area contributed by atoms with Gasteiger partial charge in [0, 0.05) is 18.5 Å². The van der Waals surface area contributed by atoms with Crippen LogP contribution in [0, 0.1) is 0 Å². The van der Waals surface area contributed by atoms with E-state index in [0.717, 1.165) is 0 Å². The summed E-state index contributed by atoms with van der Waals surface area (Å²) in [6.45, 7) is 3.76. The number of carbonyl (C=O) groups excluding carboxylic acids is 2. The zero-order valence-electron chi connectivity index (χ0n) is 19.1. The molecule has 2 aromatic rings. The van der Waals surface area contributed by atoms with Crippen LogP contribution < -0.4 is 10.6 Å². The predicted octanol–water partition coefficient (Wildman–Crippen LogP) is 4.83. The first-order chi connectivity index (χ1) is 16.3. The van der Waals surface area contributed by atoms with E-state index in [1.807, 2.05) is 0 Å². The lowest BCUT2D eigenvalue weighted by molar-refractivity contribution is -0.137. The highest BCUT2D eigenvalue weighted by atomic mass is 31.2. The minimum absolute atomic E-state index is 0.00223. The Bertz CT molecular complexity index is 1020. The van der Waals surface area contributed by atoms with Gasteiger partial charge in [0.05, 0.1) is 31.1 Å². The Morgan fingerprint density at radius 2 is 1.53 bits per heavy atom. The Labute approximate surface area is 198 Å². The molecule has 0 atom stereocenters. The van der Waals surface area contributed by atoms with Crippen LogP contribution in [0.1, 0.15) is 49.0 Å². The number of anilines is 2. The monoisotopic (exact) mass is 492 g/mol. The van der Waals surface area contributed by atoms with Gasteiger partial charge in [-0.15, -0.1) is 0 Å². The molecule has 0 spiro atoms. The number of para-hydroxylation sites is 1. The van der Waals surface area contributed by atoms with E-state index in [-0.39, 0.29) is 50.6 Å². The third-order valence-electron chi connectivity index (χ3n) is 4.42. The van der Waals surface area contributed by atoms with Gasteiger partial charge in [-0.3, -0.25) is 28.0 Å². The number of rotatable bonds is 14. The molecular formula is C23H29N2O8P. The zero-order valence-corrected chi connectivity index (χ0v) is 20.0. The van der Waals surface area contributed by atoms with Crippen LogP contribution in [0.15, 0.2) is 48.5 Å². The number of phosphoric ester groups is 1. The number of carbonyl (C=O) groups is 3. The molecule has 0 aromatic heterocycles. The third kappa shape index (κ3) is 9.07. The van der Waals surface area contributed by atoms with Crippen LogP contribution in [0.25, 0.3) is 0 Å². The summed E-state index contributed by atoms with van der Waals surface area (Å²) in [5, 5.41) is 14.1. The lowest BCUT2D eigenvalue weighted by Crippen LogP contribution is -2.18. The van der Waals surface area contributed by atoms with Crippen molar-refractivity contribution < 1.29 is 37.6 Å². The van der Waals surface area contributed by atoms with Gasteiger partial charge in [-0.25, -0.2) is 4.57 Å². The highest BCUT2D eigenvalue weighted by Crippen LogP contribution is 2.49. The third-order valence-corrected chi connectivity index (χ3v) is 6.01. The van der Waals surface area contributed by atoms with Crippen LogP contribution in [0.4, 0.5) is 11.4 Å². The molecule has 2 rings (SSSR count). The molecule has 0 radical (unpaired) electrons. The fourth-order valence-electron chi connectivity index (χ4n) is 2.87. The van der Waals surface area contributed by atoms with Crippen LogP contribution in [0.2, 0.25) is 0 Å². The van der Waals surface area contributed by atoms with Crippen molar-refractivity contribution >= 4 is 37.0 Å². The van der Waals surface area contributed by atoms with Gasteiger partial charge in [-0.2, -0.15) is 0 Å². The molecule has 0 saturated heterocycles. The van der Waals surface area contributed by atoms with Crippen molar-refractivity contribution in [3.63, 3.8) is 0 Å². The number of hydrogen-bond donors (Lipinski definition) is 3. The Morgan fingerprint density at radius 3 is 2.15 bits per heavy atom. The van der Waals surface area contributed by atoms with Gasteiger partial charge in [-0.1, -0.05) is 24.3 Å². The minimum atomic E-state index is -3.62. The number of carboxylic acid groups (broad SMARTS) is 1. The molecule has 0 heterocycles. The van der Waals surface area contributed by atoms with Gasteiger partial charge in [-0.05, 0) is 50.1 Å². The molecule has 2 amide bonds. The molecule has 2 aromatic carbocycles. The highest BCUT2D eigenvalue weighted by Gasteiger charge is 2.25. The van der Waals surface area contributed by atoms with Crippen molar-refractivity contribution in [3.8, 4) is 0 Å². The summed E-state index contributed by atoms with van der Waals surface area (Å²) < 4.78 is 27.9. The Morgan fingerprint density at radius 1 is 0.882 bits per heavy atom. The molecule has 184 valence electrons. The molecule has 0 unspecified atom stereocenters. The number of hydrogen-bond acceptors (Lipinski definition) is 7. The summed E-state index contributed by atoms with van der Waals surface area (Å²) in [6, 6.07) is 13.3. The standard InChI is InChI=1S/C23H29N2O8P/c1-3-31-34(30,32-4-2)33-16-17-12-14-18(15-13-17)24-23(29)19-8-5-6-9-20(19)25-21(26)10-7-11-22(27)28/h5-6,8-9,12-15H,3-4,7,10-11,16H2,1-2H3,(H,24,29)(H,25,26)(H,27,28). The summed E-state index contributed by atoms with van der Waals surface area (Å²) in [6.07, 6.45) is 0.132. The van der Waals surface area contributed by atoms with Gasteiger partial charge in [0.1, 0.15) is 0 Å². The second kappa shape index (κ2) is 13.6. The number of phosphoric acid groups is 1. The predicted molar refractivity (Wildman–Crippen MR) is 127 cm³/mol. The van der Waals surface area contributed by atoms with Crippen molar-refractivity contribution in [3.05, 3.63) is 59.7 Å². The smallest absolute Gasteiger partial charge is 0.475 e. The lowest BCUT2D eigenvalue weighted by atomic mass is 10.1. The van der Waals surface area contributed by atoms with E-state index in [2.05, 4.69) is 10.6 Å². The fourth-order valence-corrected chi connectivity index (χ4v) is 4.03. The van der Waals surface area contributed by atoms with Crippen LogP contribution >= 0.6 is 7.82 Å². The molecule has 0 fully saturated rings. The van der Waals surface area contributed by atoms with Crippen molar-refractivity contribution in [1.29, 1.82) is 0 Å². The van der Waals surface area contributed by atoms with E-state index in [1.165, 1.54) is 0 Å². The SMILES string of the molecule is CCOP(=O)(OCC)OCc1ccc(NC(=O)c2ccccc2NC(=O)CCCC(=O)O)cc1. The van der Waals surface area contributed by atoms with Gasteiger partial charge in [0.15, 0.2) is 0 Å². The van der Waals surface area contributed by atoms with Gasteiger partial charge in [0.2, 0.25) is 5.91 Å². The summed E-state index contributed by atoms with van der Waals surface area (Å²) in [4.78, 5) is 35.5. The maximum Gasteiger partial charge on any atom is 0.475 e. The first kappa shape index (κ1) is 27.2. The van der Waals surface area contributed by atoms with Crippen molar-refractivity contribution in [2.45, 2.75) is 39.7 Å². The first-order valence-corrected chi connectivity index (χ1v) is 12.3. The van der Waals surface area contributed by atoms with Gasteiger partial charge in [0.25, 0.3) is 5.91 Å². The summed E-state index contributed by atoms with van der Waals surface area (Å²) in [7, 11) is -3.62. The Hall–Kier alpha value is -3.04.